The van der Waals surface area contributed by atoms with Crippen molar-refractivity contribution in [3.05, 3.63) is 65.4 Å². The van der Waals surface area contributed by atoms with Crippen LogP contribution in [0.15, 0.2) is 42.7 Å². The van der Waals surface area contributed by atoms with Gasteiger partial charge in [-0.1, -0.05) is 18.1 Å². The summed E-state index contributed by atoms with van der Waals surface area (Å²) in [5, 5.41) is 9.62. The topological polar surface area (TPSA) is 67.2 Å². The number of nitrogens with zero attached hydrogens (tertiary/aromatic N) is 2. The number of hydrogen-bond acceptors (Lipinski definition) is 3. The van der Waals surface area contributed by atoms with Gasteiger partial charge in [0.2, 0.25) is 0 Å². The Labute approximate surface area is 137 Å². The van der Waals surface area contributed by atoms with Gasteiger partial charge in [-0.3, -0.25) is 10.0 Å². The third-order valence-corrected chi connectivity index (χ3v) is 3.66. The van der Waals surface area contributed by atoms with E-state index in [1.54, 1.807) is 30.7 Å². The summed E-state index contributed by atoms with van der Waals surface area (Å²) >= 11 is 0. The van der Waals surface area contributed by atoms with Gasteiger partial charge >= 0.3 is 0 Å². The van der Waals surface area contributed by atoms with Gasteiger partial charge in [0.1, 0.15) is 11.5 Å². The zero-order valence-electron chi connectivity index (χ0n) is 12.9. The zero-order valence-corrected chi connectivity index (χ0v) is 12.9. The Morgan fingerprint density at radius 2 is 2.08 bits per heavy atom. The van der Waals surface area contributed by atoms with Crippen molar-refractivity contribution < 1.29 is 14.4 Å². The molecule has 0 fully saturated rings. The van der Waals surface area contributed by atoms with Gasteiger partial charge in [0, 0.05) is 18.1 Å². The number of benzene rings is 1. The summed E-state index contributed by atoms with van der Waals surface area (Å²) < 4.78 is 15.0. The van der Waals surface area contributed by atoms with Gasteiger partial charge in [0.15, 0.2) is 0 Å². The van der Waals surface area contributed by atoms with Gasteiger partial charge in [-0.05, 0) is 30.7 Å². The summed E-state index contributed by atoms with van der Waals surface area (Å²) in [6.45, 7) is 2.20. The van der Waals surface area contributed by atoms with Gasteiger partial charge in [-0.25, -0.2) is 14.9 Å². The first-order valence-corrected chi connectivity index (χ1v) is 7.23. The quantitative estimate of drug-likeness (QED) is 0.442. The first-order chi connectivity index (χ1) is 11.6. The predicted octanol–water partition coefficient (Wildman–Crippen LogP) is 2.71. The lowest BCUT2D eigenvalue weighted by Gasteiger charge is -2.08. The molecule has 2 aromatic heterocycles. The van der Waals surface area contributed by atoms with Gasteiger partial charge in [-0.15, -0.1) is 5.92 Å². The highest BCUT2D eigenvalue weighted by atomic mass is 19.1. The second-order valence-corrected chi connectivity index (χ2v) is 5.17. The van der Waals surface area contributed by atoms with E-state index in [0.29, 0.717) is 12.1 Å². The summed E-state index contributed by atoms with van der Waals surface area (Å²) in [4.78, 5) is 15.9. The van der Waals surface area contributed by atoms with Crippen LogP contribution in [0.4, 0.5) is 4.39 Å². The molecule has 1 amide bonds. The molecule has 5 nitrogen and oxygen atoms in total. The molecule has 3 aromatic rings. The van der Waals surface area contributed by atoms with E-state index < -0.39 is 5.91 Å². The molecule has 0 saturated heterocycles. The van der Waals surface area contributed by atoms with E-state index in [1.807, 2.05) is 16.8 Å². The lowest BCUT2D eigenvalue weighted by Crippen LogP contribution is -2.21. The lowest BCUT2D eigenvalue weighted by atomic mass is 10.1. The van der Waals surface area contributed by atoms with Crippen molar-refractivity contribution in [3.8, 4) is 11.8 Å². The highest BCUT2D eigenvalue weighted by molar-refractivity contribution is 6.00. The average molecular weight is 323 g/mol. The molecule has 0 saturated carbocycles. The predicted molar refractivity (Wildman–Crippen MR) is 87.0 cm³/mol. The zero-order chi connectivity index (χ0) is 17.1. The van der Waals surface area contributed by atoms with Crippen LogP contribution in [-0.4, -0.2) is 20.7 Å². The third kappa shape index (κ3) is 2.85. The minimum absolute atomic E-state index is 0.0684. The van der Waals surface area contributed by atoms with E-state index in [1.165, 1.54) is 12.1 Å². The highest BCUT2D eigenvalue weighted by Gasteiger charge is 2.16. The number of pyridine rings is 1. The van der Waals surface area contributed by atoms with Crippen molar-refractivity contribution in [2.45, 2.75) is 13.5 Å². The number of aromatic nitrogens is 2. The van der Waals surface area contributed by atoms with Crippen molar-refractivity contribution in [1.29, 1.82) is 0 Å². The molecule has 24 heavy (non-hydrogen) atoms. The average Bonchev–Trinajstić information content (AvgIpc) is 3.00. The number of nitrogens with one attached hydrogen (secondary N) is 1. The van der Waals surface area contributed by atoms with Crippen molar-refractivity contribution in [3.63, 3.8) is 0 Å². The first-order valence-electron chi connectivity index (χ1n) is 7.23. The Balaban J connectivity index is 2.09. The summed E-state index contributed by atoms with van der Waals surface area (Å²) in [7, 11) is 0. The summed E-state index contributed by atoms with van der Waals surface area (Å²) in [6, 6.07) is 8.10. The molecule has 6 heteroatoms. The molecule has 0 bridgehead atoms. The lowest BCUT2D eigenvalue weighted by molar-refractivity contribution is 0.0700. The van der Waals surface area contributed by atoms with Crippen LogP contribution in [0, 0.1) is 17.7 Å². The highest BCUT2D eigenvalue weighted by Crippen LogP contribution is 2.22. The molecular weight excluding hydrogens is 309 g/mol. The molecule has 0 radical (unpaired) electrons. The molecule has 0 aliphatic carbocycles. The Bertz CT molecular complexity index is 966. The van der Waals surface area contributed by atoms with E-state index in [-0.39, 0.29) is 11.5 Å². The van der Waals surface area contributed by atoms with Crippen LogP contribution in [0.1, 0.15) is 28.5 Å². The number of rotatable bonds is 3. The Kier molecular flexibility index (Phi) is 4.27. The monoisotopic (exact) mass is 323 g/mol. The van der Waals surface area contributed by atoms with Crippen LogP contribution in [0.5, 0.6) is 0 Å². The molecular formula is C18H14FN3O2. The Morgan fingerprint density at radius 3 is 2.75 bits per heavy atom. The SMILES string of the molecule is CC#Cc1c(C(=O)NO)ncc2c1ccn2Cc1ccc(F)cc1. The van der Waals surface area contributed by atoms with E-state index in [2.05, 4.69) is 16.8 Å². The standard InChI is InChI=1S/C18H14FN3O2/c1-2-3-15-14-8-9-22(11-12-4-6-13(19)7-5-12)16(14)10-20-17(15)18(23)21-24/h4-10,24H,11H2,1H3,(H,21,23). The number of carbonyl (C=O) groups is 1. The second kappa shape index (κ2) is 6.52. The minimum atomic E-state index is -0.707. The first kappa shape index (κ1) is 15.7. The summed E-state index contributed by atoms with van der Waals surface area (Å²) in [6.07, 6.45) is 3.42. The maximum atomic E-state index is 13.0. The fourth-order valence-corrected chi connectivity index (χ4v) is 2.56. The summed E-state index contributed by atoms with van der Waals surface area (Å²) in [5.41, 5.74) is 3.85. The number of fused-ring (bicyclic) bond motifs is 1. The third-order valence-electron chi connectivity index (χ3n) is 3.66. The number of hydrogen-bond donors (Lipinski definition) is 2. The van der Waals surface area contributed by atoms with E-state index >= 15 is 0 Å². The minimum Gasteiger partial charge on any atom is -0.342 e. The molecule has 2 heterocycles. The molecule has 0 spiro atoms. The van der Waals surface area contributed by atoms with Gasteiger partial charge in [0.05, 0.1) is 17.3 Å². The largest absolute Gasteiger partial charge is 0.342 e. The molecule has 0 aliphatic heterocycles. The molecule has 120 valence electrons. The smallest absolute Gasteiger partial charge is 0.294 e. The van der Waals surface area contributed by atoms with Crippen molar-refractivity contribution in [1.82, 2.24) is 15.0 Å². The van der Waals surface area contributed by atoms with Crippen LogP contribution in [0.25, 0.3) is 10.9 Å². The normalized spacial score (nSPS) is 10.3. The Hall–Kier alpha value is -3.17. The van der Waals surface area contributed by atoms with E-state index in [4.69, 9.17) is 5.21 Å². The van der Waals surface area contributed by atoms with Crippen molar-refractivity contribution in [2.75, 3.05) is 0 Å². The van der Waals surface area contributed by atoms with Crippen LogP contribution < -0.4 is 5.48 Å². The number of halogens is 1. The van der Waals surface area contributed by atoms with E-state index in [9.17, 15) is 9.18 Å². The van der Waals surface area contributed by atoms with Gasteiger partial charge < -0.3 is 4.57 Å². The van der Waals surface area contributed by atoms with Crippen LogP contribution in [0.3, 0.4) is 0 Å². The molecule has 0 atom stereocenters. The van der Waals surface area contributed by atoms with Crippen LogP contribution in [0.2, 0.25) is 0 Å². The van der Waals surface area contributed by atoms with Gasteiger partial charge in [-0.2, -0.15) is 0 Å². The fourth-order valence-electron chi connectivity index (χ4n) is 2.56. The summed E-state index contributed by atoms with van der Waals surface area (Å²) in [5.74, 6) is 4.64. The fraction of sp³-hybridized carbons (Fsp3) is 0.111. The second-order valence-electron chi connectivity index (χ2n) is 5.17. The number of hydroxylamine groups is 1. The van der Waals surface area contributed by atoms with Gasteiger partial charge in [0.25, 0.3) is 5.91 Å². The van der Waals surface area contributed by atoms with E-state index in [0.717, 1.165) is 16.5 Å². The number of carbonyl (C=O) groups excluding carboxylic acids is 1. The maximum Gasteiger partial charge on any atom is 0.294 e. The molecule has 2 N–H and O–H groups in total. The Morgan fingerprint density at radius 1 is 1.33 bits per heavy atom. The molecule has 3 rings (SSSR count). The molecule has 0 unspecified atom stereocenters. The number of amides is 1. The van der Waals surface area contributed by atoms with Crippen LogP contribution in [-0.2, 0) is 6.54 Å². The van der Waals surface area contributed by atoms with Crippen LogP contribution >= 0.6 is 0 Å². The van der Waals surface area contributed by atoms with Crippen molar-refractivity contribution >= 4 is 16.8 Å². The maximum absolute atomic E-state index is 13.0. The molecule has 1 aromatic carbocycles. The van der Waals surface area contributed by atoms with Crippen molar-refractivity contribution in [2.24, 2.45) is 0 Å². The molecule has 0 aliphatic rings.